The number of H-pyrrole nitrogens is 1. The minimum Gasteiger partial charge on any atom is -0.358 e. The first kappa shape index (κ1) is 7.63. The van der Waals surface area contributed by atoms with E-state index in [2.05, 4.69) is 15.0 Å². The summed E-state index contributed by atoms with van der Waals surface area (Å²) in [6.07, 6.45) is 1.30. The molecule has 0 saturated heterocycles. The maximum Gasteiger partial charge on any atom is 0.348 e. The molecule has 0 aromatic carbocycles. The molecule has 0 bridgehead atoms. The molecule has 0 aliphatic rings. The lowest BCUT2D eigenvalue weighted by Crippen LogP contribution is -2.00. The Morgan fingerprint density at radius 1 is 1.91 bits per heavy atom. The highest BCUT2D eigenvalue weighted by molar-refractivity contribution is 5.28. The summed E-state index contributed by atoms with van der Waals surface area (Å²) in [4.78, 5) is 13.8. The van der Waals surface area contributed by atoms with Crippen molar-refractivity contribution in [1.82, 2.24) is 10.2 Å². The highest BCUT2D eigenvalue weighted by atomic mass is 16.6. The number of rotatable bonds is 3. The fourth-order valence-electron chi connectivity index (χ4n) is 0.658. The maximum absolute atomic E-state index is 10.2. The molecule has 7 heteroatoms. The normalized spacial score (nSPS) is 9.91. The Labute approximate surface area is 61.3 Å². The van der Waals surface area contributed by atoms with Crippen molar-refractivity contribution in [2.75, 3.05) is 0 Å². The largest absolute Gasteiger partial charge is 0.358 e. The van der Waals surface area contributed by atoms with Gasteiger partial charge in [0.2, 0.25) is 0 Å². The summed E-state index contributed by atoms with van der Waals surface area (Å²) in [6.45, 7) is -0.0210. The van der Waals surface area contributed by atoms with Crippen LogP contribution in [0.5, 0.6) is 0 Å². The Bertz CT molecular complexity index is 258. The summed E-state index contributed by atoms with van der Waals surface area (Å²) < 4.78 is 0. The molecule has 0 fully saturated rings. The van der Waals surface area contributed by atoms with E-state index in [-0.39, 0.29) is 12.4 Å². The van der Waals surface area contributed by atoms with E-state index in [4.69, 9.17) is 5.90 Å². The number of nitrogens with two attached hydrogens (primary N) is 1. The lowest BCUT2D eigenvalue weighted by molar-refractivity contribution is -0.390. The van der Waals surface area contributed by atoms with Crippen molar-refractivity contribution < 1.29 is 9.76 Å². The molecule has 0 atom stereocenters. The zero-order chi connectivity index (χ0) is 8.27. The number of hydrogen-bond acceptors (Lipinski definition) is 5. The molecule has 0 amide bonds. The van der Waals surface area contributed by atoms with E-state index in [0.717, 1.165) is 0 Å². The lowest BCUT2D eigenvalue weighted by atomic mass is 10.3. The molecular weight excluding hydrogens is 152 g/mol. The molecule has 0 radical (unpaired) electrons. The van der Waals surface area contributed by atoms with Gasteiger partial charge in [0, 0.05) is 0 Å². The summed E-state index contributed by atoms with van der Waals surface area (Å²) in [5, 5.41) is 15.9. The number of aromatic amines is 1. The number of hydrogen-bond donors (Lipinski definition) is 2. The van der Waals surface area contributed by atoms with Crippen LogP contribution in [0.15, 0.2) is 6.20 Å². The Hall–Kier alpha value is -1.47. The third kappa shape index (κ3) is 1.51. The van der Waals surface area contributed by atoms with Gasteiger partial charge in [-0.15, -0.1) is 5.10 Å². The quantitative estimate of drug-likeness (QED) is 0.464. The first-order valence-electron chi connectivity index (χ1n) is 2.74. The Balaban J connectivity index is 2.87. The number of aromatic nitrogens is 2. The van der Waals surface area contributed by atoms with E-state index in [0.29, 0.717) is 5.56 Å². The summed E-state index contributed by atoms with van der Waals surface area (Å²) in [5.41, 5.74) is 0.331. The highest BCUT2D eigenvalue weighted by Crippen LogP contribution is 2.13. The molecule has 7 nitrogen and oxygen atoms in total. The van der Waals surface area contributed by atoms with Crippen LogP contribution in [-0.4, -0.2) is 15.1 Å². The standard InChI is InChI=1S/C4H6N4O3/c5-11-2-3-1-6-7-4(3)8(9)10/h1H,2,5H2,(H,6,7). The first-order chi connectivity index (χ1) is 5.25. The molecular formula is C4H6N4O3. The summed E-state index contributed by atoms with van der Waals surface area (Å²) in [7, 11) is 0. The molecule has 1 heterocycles. The third-order valence-corrected chi connectivity index (χ3v) is 1.12. The van der Waals surface area contributed by atoms with Crippen LogP contribution >= 0.6 is 0 Å². The van der Waals surface area contributed by atoms with Gasteiger partial charge in [-0.05, 0) is 4.92 Å². The predicted molar refractivity (Wildman–Crippen MR) is 34.2 cm³/mol. The zero-order valence-electron chi connectivity index (χ0n) is 5.48. The highest BCUT2D eigenvalue weighted by Gasteiger charge is 2.13. The molecule has 1 aromatic heterocycles. The molecule has 0 unspecified atom stereocenters. The molecule has 0 aliphatic carbocycles. The lowest BCUT2D eigenvalue weighted by Gasteiger charge is -1.93. The molecule has 60 valence electrons. The third-order valence-electron chi connectivity index (χ3n) is 1.12. The van der Waals surface area contributed by atoms with Crippen LogP contribution in [-0.2, 0) is 11.4 Å². The van der Waals surface area contributed by atoms with Crippen molar-refractivity contribution in [1.29, 1.82) is 0 Å². The van der Waals surface area contributed by atoms with Crippen molar-refractivity contribution in [3.05, 3.63) is 21.9 Å². The van der Waals surface area contributed by atoms with Crippen LogP contribution in [0.1, 0.15) is 5.56 Å². The van der Waals surface area contributed by atoms with Crippen LogP contribution < -0.4 is 5.90 Å². The van der Waals surface area contributed by atoms with Crippen molar-refractivity contribution in [2.24, 2.45) is 5.90 Å². The zero-order valence-corrected chi connectivity index (χ0v) is 5.48. The second kappa shape index (κ2) is 3.08. The van der Waals surface area contributed by atoms with Gasteiger partial charge in [-0.1, -0.05) is 5.10 Å². The van der Waals surface area contributed by atoms with Gasteiger partial charge < -0.3 is 10.1 Å². The average molecular weight is 158 g/mol. The van der Waals surface area contributed by atoms with E-state index < -0.39 is 4.92 Å². The molecule has 11 heavy (non-hydrogen) atoms. The van der Waals surface area contributed by atoms with Gasteiger partial charge >= 0.3 is 5.82 Å². The van der Waals surface area contributed by atoms with Gasteiger partial charge in [-0.2, -0.15) is 0 Å². The van der Waals surface area contributed by atoms with Gasteiger partial charge in [0.1, 0.15) is 6.61 Å². The average Bonchev–Trinajstić information content (AvgIpc) is 2.36. The Kier molecular flexibility index (Phi) is 2.14. The van der Waals surface area contributed by atoms with Crippen LogP contribution in [0.4, 0.5) is 5.82 Å². The van der Waals surface area contributed by atoms with Crippen molar-refractivity contribution in [3.63, 3.8) is 0 Å². The molecule has 1 rings (SSSR count). The Morgan fingerprint density at radius 3 is 3.18 bits per heavy atom. The van der Waals surface area contributed by atoms with E-state index in [9.17, 15) is 10.1 Å². The minimum absolute atomic E-state index is 0.0210. The second-order valence-electron chi connectivity index (χ2n) is 1.81. The van der Waals surface area contributed by atoms with E-state index in [1.54, 1.807) is 0 Å². The Morgan fingerprint density at radius 2 is 2.64 bits per heavy atom. The van der Waals surface area contributed by atoms with Gasteiger partial charge in [-0.25, -0.2) is 5.90 Å². The van der Waals surface area contributed by atoms with Crippen molar-refractivity contribution in [2.45, 2.75) is 6.61 Å². The SMILES string of the molecule is NOCc1cn[nH]c1[N+](=O)[O-]. The van der Waals surface area contributed by atoms with E-state index >= 15 is 0 Å². The first-order valence-corrected chi connectivity index (χ1v) is 2.74. The van der Waals surface area contributed by atoms with E-state index in [1.807, 2.05) is 0 Å². The van der Waals surface area contributed by atoms with Gasteiger partial charge in [0.25, 0.3) is 0 Å². The number of nitrogens with one attached hydrogen (secondary N) is 1. The molecule has 0 saturated carbocycles. The molecule has 0 aliphatic heterocycles. The number of nitro groups is 1. The van der Waals surface area contributed by atoms with Gasteiger partial charge in [0.05, 0.1) is 11.8 Å². The summed E-state index contributed by atoms with van der Waals surface area (Å²) in [5.74, 6) is 4.54. The van der Waals surface area contributed by atoms with Crippen LogP contribution in [0.3, 0.4) is 0 Å². The van der Waals surface area contributed by atoms with Gasteiger partial charge in [0.15, 0.2) is 0 Å². The molecule has 0 spiro atoms. The molecule has 1 aromatic rings. The predicted octanol–water partition coefficient (Wildman–Crippen LogP) is -0.292. The summed E-state index contributed by atoms with van der Waals surface area (Å²) in [6, 6.07) is 0. The van der Waals surface area contributed by atoms with Crippen molar-refractivity contribution >= 4 is 5.82 Å². The smallest absolute Gasteiger partial charge is 0.348 e. The van der Waals surface area contributed by atoms with E-state index in [1.165, 1.54) is 6.20 Å². The monoisotopic (exact) mass is 158 g/mol. The minimum atomic E-state index is -0.582. The fourth-order valence-corrected chi connectivity index (χ4v) is 0.658. The van der Waals surface area contributed by atoms with Crippen molar-refractivity contribution in [3.8, 4) is 0 Å². The number of nitrogens with zero attached hydrogens (tertiary/aromatic N) is 2. The molecule has 3 N–H and O–H groups in total. The van der Waals surface area contributed by atoms with Gasteiger partial charge in [-0.3, -0.25) is 4.84 Å². The van der Waals surface area contributed by atoms with Crippen LogP contribution in [0.2, 0.25) is 0 Å². The summed E-state index contributed by atoms with van der Waals surface area (Å²) >= 11 is 0. The second-order valence-corrected chi connectivity index (χ2v) is 1.81. The van der Waals surface area contributed by atoms with Crippen LogP contribution in [0.25, 0.3) is 0 Å². The topological polar surface area (TPSA) is 107 Å². The van der Waals surface area contributed by atoms with Crippen LogP contribution in [0, 0.1) is 10.1 Å². The maximum atomic E-state index is 10.2. The fraction of sp³-hybridized carbons (Fsp3) is 0.250.